The van der Waals surface area contributed by atoms with Crippen LogP contribution in [0.5, 0.6) is 11.5 Å². The molecule has 0 bridgehead atoms. The van der Waals surface area contributed by atoms with Crippen molar-refractivity contribution >= 4 is 5.91 Å². The van der Waals surface area contributed by atoms with Crippen LogP contribution in [0.1, 0.15) is 10.4 Å². The lowest BCUT2D eigenvalue weighted by molar-refractivity contribution is 0.0996. The van der Waals surface area contributed by atoms with E-state index in [0.717, 1.165) is 12.1 Å². The number of primary amides is 1. The number of benzene rings is 2. The lowest BCUT2D eigenvalue weighted by Gasteiger charge is -2.07. The summed E-state index contributed by atoms with van der Waals surface area (Å²) in [5.74, 6) is -2.09. The van der Waals surface area contributed by atoms with Crippen molar-refractivity contribution in [3.63, 3.8) is 0 Å². The van der Waals surface area contributed by atoms with Crippen LogP contribution >= 0.6 is 0 Å². The molecule has 0 saturated carbocycles. The fourth-order valence-corrected chi connectivity index (χ4v) is 1.41. The monoisotopic (exact) mass is 249 g/mol. The average Bonchev–Trinajstić information content (AvgIpc) is 2.34. The first-order chi connectivity index (χ1) is 8.58. The van der Waals surface area contributed by atoms with E-state index >= 15 is 0 Å². The predicted molar refractivity (Wildman–Crippen MR) is 61.4 cm³/mol. The summed E-state index contributed by atoms with van der Waals surface area (Å²) in [6, 6.07) is 9.21. The number of hydrogen-bond acceptors (Lipinski definition) is 2. The fraction of sp³-hybridized carbons (Fsp3) is 0. The zero-order valence-corrected chi connectivity index (χ0v) is 9.19. The van der Waals surface area contributed by atoms with E-state index in [4.69, 9.17) is 10.5 Å². The van der Waals surface area contributed by atoms with Gasteiger partial charge in [0.05, 0.1) is 5.56 Å². The Morgan fingerprint density at radius 1 is 1.06 bits per heavy atom. The highest BCUT2D eigenvalue weighted by molar-refractivity contribution is 5.93. The number of para-hydroxylation sites is 1. The molecule has 2 aromatic rings. The van der Waals surface area contributed by atoms with Crippen LogP contribution < -0.4 is 10.5 Å². The van der Waals surface area contributed by atoms with Crippen LogP contribution in [0, 0.1) is 11.6 Å². The smallest absolute Gasteiger partial charge is 0.251 e. The molecular formula is C13H9F2NO2. The molecule has 2 N–H and O–H groups in total. The van der Waals surface area contributed by atoms with Crippen LogP contribution in [0.25, 0.3) is 0 Å². The first-order valence-electron chi connectivity index (χ1n) is 5.09. The SMILES string of the molecule is NC(=O)c1cc(Oc2ccccc2F)ccc1F. The second-order valence-corrected chi connectivity index (χ2v) is 3.54. The molecule has 0 fully saturated rings. The van der Waals surface area contributed by atoms with Gasteiger partial charge in [-0.05, 0) is 30.3 Å². The first kappa shape index (κ1) is 12.0. The van der Waals surface area contributed by atoms with Crippen molar-refractivity contribution < 1.29 is 18.3 Å². The van der Waals surface area contributed by atoms with Crippen molar-refractivity contribution in [1.29, 1.82) is 0 Å². The second-order valence-electron chi connectivity index (χ2n) is 3.54. The minimum absolute atomic E-state index is 0.0143. The van der Waals surface area contributed by atoms with Gasteiger partial charge >= 0.3 is 0 Å². The van der Waals surface area contributed by atoms with Gasteiger partial charge in [-0.15, -0.1) is 0 Å². The number of carbonyl (C=O) groups is 1. The molecule has 1 amide bonds. The van der Waals surface area contributed by atoms with E-state index in [1.807, 2.05) is 0 Å². The topological polar surface area (TPSA) is 52.3 Å². The summed E-state index contributed by atoms with van der Waals surface area (Å²) in [5.41, 5.74) is 4.70. The molecule has 0 aliphatic rings. The summed E-state index contributed by atoms with van der Waals surface area (Å²) in [5, 5.41) is 0. The Bertz CT molecular complexity index is 599. The summed E-state index contributed by atoms with van der Waals surface area (Å²) in [6.45, 7) is 0. The van der Waals surface area contributed by atoms with Gasteiger partial charge in [0.25, 0.3) is 5.91 Å². The van der Waals surface area contributed by atoms with Gasteiger partial charge in [-0.1, -0.05) is 12.1 Å². The molecule has 3 nitrogen and oxygen atoms in total. The zero-order valence-electron chi connectivity index (χ0n) is 9.19. The molecule has 0 aromatic heterocycles. The molecule has 0 saturated heterocycles. The molecule has 0 atom stereocenters. The number of rotatable bonds is 3. The van der Waals surface area contributed by atoms with E-state index in [-0.39, 0.29) is 17.1 Å². The molecule has 0 unspecified atom stereocenters. The highest BCUT2D eigenvalue weighted by atomic mass is 19.1. The van der Waals surface area contributed by atoms with Gasteiger partial charge in [0, 0.05) is 0 Å². The number of nitrogens with two attached hydrogens (primary N) is 1. The Labute approximate surface area is 102 Å². The van der Waals surface area contributed by atoms with Crippen LogP contribution in [0.4, 0.5) is 8.78 Å². The van der Waals surface area contributed by atoms with Crippen molar-refractivity contribution in [2.45, 2.75) is 0 Å². The molecule has 0 aliphatic heterocycles. The maximum absolute atomic E-state index is 13.3. The van der Waals surface area contributed by atoms with Crippen molar-refractivity contribution in [3.8, 4) is 11.5 Å². The zero-order chi connectivity index (χ0) is 13.1. The molecule has 92 valence electrons. The summed E-state index contributed by atoms with van der Waals surface area (Å²) in [6.07, 6.45) is 0. The predicted octanol–water partition coefficient (Wildman–Crippen LogP) is 2.86. The number of halogens is 2. The van der Waals surface area contributed by atoms with Gasteiger partial charge in [0.15, 0.2) is 11.6 Å². The number of amides is 1. The van der Waals surface area contributed by atoms with E-state index in [1.165, 1.54) is 24.3 Å². The Hall–Kier alpha value is -2.43. The highest BCUT2D eigenvalue weighted by Gasteiger charge is 2.11. The minimum atomic E-state index is -0.911. The van der Waals surface area contributed by atoms with Gasteiger partial charge in [0.2, 0.25) is 0 Å². The average molecular weight is 249 g/mol. The number of ether oxygens (including phenoxy) is 1. The Morgan fingerprint density at radius 2 is 1.78 bits per heavy atom. The van der Waals surface area contributed by atoms with Crippen molar-refractivity contribution in [3.05, 3.63) is 59.7 Å². The van der Waals surface area contributed by atoms with E-state index in [1.54, 1.807) is 6.07 Å². The molecule has 0 radical (unpaired) electrons. The maximum Gasteiger partial charge on any atom is 0.251 e. The quantitative estimate of drug-likeness (QED) is 0.909. The molecule has 18 heavy (non-hydrogen) atoms. The molecular weight excluding hydrogens is 240 g/mol. The normalized spacial score (nSPS) is 10.1. The Kier molecular flexibility index (Phi) is 3.23. The largest absolute Gasteiger partial charge is 0.454 e. The minimum Gasteiger partial charge on any atom is -0.454 e. The van der Waals surface area contributed by atoms with Gasteiger partial charge in [-0.25, -0.2) is 8.78 Å². The van der Waals surface area contributed by atoms with Crippen molar-refractivity contribution in [1.82, 2.24) is 0 Å². The summed E-state index contributed by atoms with van der Waals surface area (Å²) >= 11 is 0. The van der Waals surface area contributed by atoms with Crippen molar-refractivity contribution in [2.24, 2.45) is 5.73 Å². The standard InChI is InChI=1S/C13H9F2NO2/c14-10-6-5-8(7-9(10)13(16)17)18-12-4-2-1-3-11(12)15/h1-7H,(H2,16,17). The molecule has 2 aromatic carbocycles. The van der Waals surface area contributed by atoms with Crippen LogP contribution in [-0.4, -0.2) is 5.91 Å². The van der Waals surface area contributed by atoms with Crippen LogP contribution in [-0.2, 0) is 0 Å². The Balaban J connectivity index is 2.33. The van der Waals surface area contributed by atoms with Gasteiger partial charge in [0.1, 0.15) is 11.6 Å². The lowest BCUT2D eigenvalue weighted by atomic mass is 10.2. The summed E-state index contributed by atoms with van der Waals surface area (Å²) in [7, 11) is 0. The molecule has 5 heteroatoms. The van der Waals surface area contributed by atoms with E-state index in [2.05, 4.69) is 0 Å². The van der Waals surface area contributed by atoms with E-state index in [9.17, 15) is 13.6 Å². The second kappa shape index (κ2) is 4.83. The third-order valence-electron chi connectivity index (χ3n) is 2.27. The van der Waals surface area contributed by atoms with Crippen LogP contribution in [0.15, 0.2) is 42.5 Å². The molecule has 0 aliphatic carbocycles. The summed E-state index contributed by atoms with van der Waals surface area (Å²) in [4.78, 5) is 10.9. The third kappa shape index (κ3) is 2.45. The highest BCUT2D eigenvalue weighted by Crippen LogP contribution is 2.25. The number of hydrogen-bond donors (Lipinski definition) is 1. The molecule has 2 rings (SSSR count). The number of carbonyl (C=O) groups excluding carboxylic acids is 1. The Morgan fingerprint density at radius 3 is 2.44 bits per heavy atom. The molecule has 0 heterocycles. The molecule has 0 spiro atoms. The van der Waals surface area contributed by atoms with Gasteiger partial charge < -0.3 is 10.5 Å². The van der Waals surface area contributed by atoms with E-state index < -0.39 is 17.5 Å². The van der Waals surface area contributed by atoms with Gasteiger partial charge in [-0.2, -0.15) is 0 Å². The maximum atomic E-state index is 13.3. The van der Waals surface area contributed by atoms with E-state index in [0.29, 0.717) is 0 Å². The van der Waals surface area contributed by atoms with Gasteiger partial charge in [-0.3, -0.25) is 4.79 Å². The van der Waals surface area contributed by atoms with Crippen molar-refractivity contribution in [2.75, 3.05) is 0 Å². The fourth-order valence-electron chi connectivity index (χ4n) is 1.41. The third-order valence-corrected chi connectivity index (χ3v) is 2.27. The van der Waals surface area contributed by atoms with Crippen LogP contribution in [0.2, 0.25) is 0 Å². The van der Waals surface area contributed by atoms with Crippen LogP contribution in [0.3, 0.4) is 0 Å². The first-order valence-corrected chi connectivity index (χ1v) is 5.09. The summed E-state index contributed by atoms with van der Waals surface area (Å²) < 4.78 is 31.7. The lowest BCUT2D eigenvalue weighted by Crippen LogP contribution is -2.13.